The molecule has 1 heterocycles. The van der Waals surface area contributed by atoms with Gasteiger partial charge in [-0.1, -0.05) is 13.8 Å². The summed E-state index contributed by atoms with van der Waals surface area (Å²) in [6.45, 7) is 6.63. The second-order valence-corrected chi connectivity index (χ2v) is 5.42. The molecule has 22 heavy (non-hydrogen) atoms. The highest BCUT2D eigenvalue weighted by atomic mass is 16.1. The molecular weight excluding hydrogens is 278 g/mol. The van der Waals surface area contributed by atoms with E-state index in [4.69, 9.17) is 0 Å². The van der Waals surface area contributed by atoms with Crippen LogP contribution in [0, 0.1) is 5.92 Å². The largest absolute Gasteiger partial charge is 0.370 e. The van der Waals surface area contributed by atoms with Gasteiger partial charge in [0, 0.05) is 31.0 Å². The summed E-state index contributed by atoms with van der Waals surface area (Å²) in [4.78, 5) is 19.6. The zero-order valence-electron chi connectivity index (χ0n) is 13.1. The van der Waals surface area contributed by atoms with E-state index in [9.17, 15) is 4.79 Å². The van der Waals surface area contributed by atoms with E-state index in [1.165, 1.54) is 6.92 Å². The second kappa shape index (κ2) is 7.40. The lowest BCUT2D eigenvalue weighted by molar-refractivity contribution is -0.114. The van der Waals surface area contributed by atoms with E-state index in [0.29, 0.717) is 11.9 Å². The molecule has 0 aliphatic rings. The van der Waals surface area contributed by atoms with Crippen molar-refractivity contribution in [1.82, 2.24) is 9.97 Å². The molecule has 0 spiro atoms. The first-order valence-corrected chi connectivity index (χ1v) is 7.24. The second-order valence-electron chi connectivity index (χ2n) is 5.42. The Kier molecular flexibility index (Phi) is 5.30. The summed E-state index contributed by atoms with van der Waals surface area (Å²) in [5, 5.41) is 9.12. The minimum absolute atomic E-state index is 0.0898. The lowest BCUT2D eigenvalue weighted by Gasteiger charge is -2.10. The molecule has 0 saturated carbocycles. The fourth-order valence-electron chi connectivity index (χ4n) is 1.80. The molecule has 0 saturated heterocycles. The molecule has 0 aliphatic carbocycles. The maximum Gasteiger partial charge on any atom is 0.229 e. The molecule has 0 unspecified atom stereocenters. The normalized spacial score (nSPS) is 10.4. The van der Waals surface area contributed by atoms with Gasteiger partial charge in [-0.2, -0.15) is 4.98 Å². The number of benzene rings is 1. The van der Waals surface area contributed by atoms with E-state index < -0.39 is 0 Å². The number of rotatable bonds is 6. The zero-order chi connectivity index (χ0) is 15.9. The fraction of sp³-hybridized carbons (Fsp3) is 0.312. The van der Waals surface area contributed by atoms with Crippen LogP contribution in [0.15, 0.2) is 36.5 Å². The SMILES string of the molecule is CC(=O)Nc1ccc(Nc2nccc(NCC(C)C)n2)cc1. The molecule has 0 bridgehead atoms. The van der Waals surface area contributed by atoms with E-state index in [0.717, 1.165) is 23.7 Å². The quantitative estimate of drug-likeness (QED) is 0.763. The standard InChI is InChI=1S/C16H21N5O/c1-11(2)10-18-15-8-9-17-16(21-15)20-14-6-4-13(5-7-14)19-12(3)22/h4-9,11H,10H2,1-3H3,(H,19,22)(H2,17,18,20,21). The Labute approximate surface area is 130 Å². The number of nitrogens with zero attached hydrogens (tertiary/aromatic N) is 2. The first-order chi connectivity index (χ1) is 10.5. The number of hydrogen-bond donors (Lipinski definition) is 3. The third kappa shape index (κ3) is 5.05. The van der Waals surface area contributed by atoms with Crippen molar-refractivity contribution in [1.29, 1.82) is 0 Å². The van der Waals surface area contributed by atoms with Gasteiger partial charge in [0.25, 0.3) is 0 Å². The molecule has 0 radical (unpaired) electrons. The van der Waals surface area contributed by atoms with Crippen LogP contribution < -0.4 is 16.0 Å². The Hall–Kier alpha value is -2.63. The summed E-state index contributed by atoms with van der Waals surface area (Å²) < 4.78 is 0. The van der Waals surface area contributed by atoms with Crippen molar-refractivity contribution in [2.24, 2.45) is 5.92 Å². The van der Waals surface area contributed by atoms with E-state index in [2.05, 4.69) is 39.8 Å². The number of hydrogen-bond acceptors (Lipinski definition) is 5. The monoisotopic (exact) mass is 299 g/mol. The van der Waals surface area contributed by atoms with Gasteiger partial charge < -0.3 is 16.0 Å². The van der Waals surface area contributed by atoms with Crippen molar-refractivity contribution in [3.05, 3.63) is 36.5 Å². The number of nitrogens with one attached hydrogen (secondary N) is 3. The number of amides is 1. The number of anilines is 4. The molecule has 6 nitrogen and oxygen atoms in total. The molecule has 2 rings (SSSR count). The number of carbonyl (C=O) groups is 1. The molecule has 1 aromatic heterocycles. The van der Waals surface area contributed by atoms with Gasteiger partial charge in [0.2, 0.25) is 11.9 Å². The van der Waals surface area contributed by atoms with Crippen LogP contribution in [0.3, 0.4) is 0 Å². The summed E-state index contributed by atoms with van der Waals surface area (Å²) in [5.74, 6) is 1.78. The lowest BCUT2D eigenvalue weighted by Crippen LogP contribution is -2.10. The van der Waals surface area contributed by atoms with Crippen molar-refractivity contribution in [3.63, 3.8) is 0 Å². The topological polar surface area (TPSA) is 78.9 Å². The lowest BCUT2D eigenvalue weighted by atomic mass is 10.2. The maximum atomic E-state index is 11.0. The van der Waals surface area contributed by atoms with Crippen LogP contribution in [-0.2, 0) is 4.79 Å². The minimum Gasteiger partial charge on any atom is -0.370 e. The molecule has 2 aromatic rings. The number of carbonyl (C=O) groups excluding carboxylic acids is 1. The predicted octanol–water partition coefficient (Wildman–Crippen LogP) is 3.25. The summed E-state index contributed by atoms with van der Waals surface area (Å²) in [6, 6.07) is 9.22. The van der Waals surface area contributed by atoms with E-state index >= 15 is 0 Å². The average Bonchev–Trinajstić information content (AvgIpc) is 2.47. The van der Waals surface area contributed by atoms with Crippen molar-refractivity contribution in [2.45, 2.75) is 20.8 Å². The molecule has 0 atom stereocenters. The molecule has 6 heteroatoms. The highest BCUT2D eigenvalue weighted by Gasteiger charge is 2.02. The Morgan fingerprint density at radius 2 is 1.82 bits per heavy atom. The number of aromatic nitrogens is 2. The maximum absolute atomic E-state index is 11.0. The predicted molar refractivity (Wildman–Crippen MR) is 89.4 cm³/mol. The summed E-state index contributed by atoms with van der Waals surface area (Å²) in [5.41, 5.74) is 1.61. The van der Waals surface area contributed by atoms with Gasteiger partial charge in [-0.15, -0.1) is 0 Å². The van der Waals surface area contributed by atoms with E-state index in [1.807, 2.05) is 30.3 Å². The van der Waals surface area contributed by atoms with Crippen LogP contribution in [0.4, 0.5) is 23.1 Å². The van der Waals surface area contributed by atoms with Crippen molar-refractivity contribution in [2.75, 3.05) is 22.5 Å². The highest BCUT2D eigenvalue weighted by Crippen LogP contribution is 2.17. The van der Waals surface area contributed by atoms with Crippen LogP contribution in [0.5, 0.6) is 0 Å². The van der Waals surface area contributed by atoms with Crippen molar-refractivity contribution < 1.29 is 4.79 Å². The molecule has 0 aliphatic heterocycles. The molecule has 3 N–H and O–H groups in total. The first-order valence-electron chi connectivity index (χ1n) is 7.24. The van der Waals surface area contributed by atoms with Gasteiger partial charge >= 0.3 is 0 Å². The fourth-order valence-corrected chi connectivity index (χ4v) is 1.80. The van der Waals surface area contributed by atoms with Crippen molar-refractivity contribution >= 4 is 29.0 Å². The highest BCUT2D eigenvalue weighted by molar-refractivity contribution is 5.88. The molecule has 1 aromatic carbocycles. The third-order valence-corrected chi connectivity index (χ3v) is 2.81. The van der Waals surface area contributed by atoms with Crippen LogP contribution in [-0.4, -0.2) is 22.4 Å². The average molecular weight is 299 g/mol. The molecule has 0 fully saturated rings. The smallest absolute Gasteiger partial charge is 0.229 e. The Balaban J connectivity index is 2.00. The summed E-state index contributed by atoms with van der Waals surface area (Å²) >= 11 is 0. The summed E-state index contributed by atoms with van der Waals surface area (Å²) in [6.07, 6.45) is 1.71. The van der Waals surface area contributed by atoms with Gasteiger partial charge in [-0.3, -0.25) is 4.79 Å². The Bertz CT molecular complexity index is 625. The van der Waals surface area contributed by atoms with Crippen LogP contribution in [0.1, 0.15) is 20.8 Å². The van der Waals surface area contributed by atoms with Gasteiger partial charge in [0.15, 0.2) is 0 Å². The van der Waals surface area contributed by atoms with Crippen LogP contribution in [0.25, 0.3) is 0 Å². The van der Waals surface area contributed by atoms with Gasteiger partial charge in [-0.05, 0) is 36.2 Å². The van der Waals surface area contributed by atoms with Crippen molar-refractivity contribution in [3.8, 4) is 0 Å². The zero-order valence-corrected chi connectivity index (χ0v) is 13.1. The van der Waals surface area contributed by atoms with Crippen LogP contribution in [0.2, 0.25) is 0 Å². The Morgan fingerprint density at radius 3 is 2.45 bits per heavy atom. The molecular formula is C16H21N5O. The first kappa shape index (κ1) is 15.8. The van der Waals surface area contributed by atoms with Crippen LogP contribution >= 0.6 is 0 Å². The van der Waals surface area contributed by atoms with Gasteiger partial charge in [-0.25, -0.2) is 4.98 Å². The Morgan fingerprint density at radius 1 is 1.14 bits per heavy atom. The molecule has 116 valence electrons. The van der Waals surface area contributed by atoms with E-state index in [1.54, 1.807) is 6.20 Å². The van der Waals surface area contributed by atoms with Gasteiger partial charge in [0.05, 0.1) is 0 Å². The van der Waals surface area contributed by atoms with Gasteiger partial charge in [0.1, 0.15) is 5.82 Å². The third-order valence-electron chi connectivity index (χ3n) is 2.81. The molecule has 1 amide bonds. The summed E-state index contributed by atoms with van der Waals surface area (Å²) in [7, 11) is 0. The minimum atomic E-state index is -0.0898. The van der Waals surface area contributed by atoms with E-state index in [-0.39, 0.29) is 5.91 Å².